The normalized spacial score (nSPS) is 54.6. The molecule has 1 saturated heterocycles. The monoisotopic (exact) mass is 680 g/mol. The van der Waals surface area contributed by atoms with Gasteiger partial charge in [-0.2, -0.15) is 0 Å². The summed E-state index contributed by atoms with van der Waals surface area (Å²) in [5.74, 6) is -2.49. The number of carbonyl (C=O) groups is 2. The van der Waals surface area contributed by atoms with E-state index < -0.39 is 106 Å². The van der Waals surface area contributed by atoms with E-state index in [1.807, 2.05) is 20.8 Å². The molecule has 6 aliphatic rings. The van der Waals surface area contributed by atoms with Crippen molar-refractivity contribution in [1.29, 1.82) is 0 Å². The van der Waals surface area contributed by atoms with E-state index in [1.165, 1.54) is 0 Å². The first-order valence-electron chi connectivity index (χ1n) is 17.6. The molecule has 12 heteroatoms. The highest BCUT2D eigenvalue weighted by Crippen LogP contribution is 2.75. The van der Waals surface area contributed by atoms with Crippen LogP contribution < -0.4 is 0 Å². The summed E-state index contributed by atoms with van der Waals surface area (Å²) in [7, 11) is 0. The topological polar surface area (TPSA) is 214 Å². The van der Waals surface area contributed by atoms with Gasteiger partial charge >= 0.3 is 5.97 Å². The lowest BCUT2D eigenvalue weighted by Gasteiger charge is -2.71. The van der Waals surface area contributed by atoms with Crippen LogP contribution in [0.2, 0.25) is 0 Å². The van der Waals surface area contributed by atoms with Crippen LogP contribution in [0.5, 0.6) is 0 Å². The number of esters is 1. The third kappa shape index (κ3) is 4.59. The van der Waals surface area contributed by atoms with Gasteiger partial charge in [-0.05, 0) is 78.6 Å². The Kier molecular flexibility index (Phi) is 8.71. The molecule has 6 rings (SSSR count). The predicted molar refractivity (Wildman–Crippen MR) is 169 cm³/mol. The molecule has 0 amide bonds. The van der Waals surface area contributed by atoms with Crippen LogP contribution in [-0.2, 0) is 19.1 Å². The van der Waals surface area contributed by atoms with Gasteiger partial charge in [-0.1, -0.05) is 47.1 Å². The average Bonchev–Trinajstić information content (AvgIpc) is 3.02. The molecule has 1 heterocycles. The number of fused-ring (bicyclic) bond motifs is 7. The Bertz CT molecular complexity index is 1350. The maximum atomic E-state index is 14.7. The first kappa shape index (κ1) is 36.3. The van der Waals surface area contributed by atoms with E-state index >= 15 is 0 Å². The second-order valence-corrected chi connectivity index (χ2v) is 17.8. The van der Waals surface area contributed by atoms with Crippen molar-refractivity contribution in [1.82, 2.24) is 0 Å². The Morgan fingerprint density at radius 3 is 2.15 bits per heavy atom. The summed E-state index contributed by atoms with van der Waals surface area (Å²) < 4.78 is 11.3. The van der Waals surface area contributed by atoms with Crippen molar-refractivity contribution in [3.8, 4) is 0 Å². The van der Waals surface area contributed by atoms with Crippen molar-refractivity contribution in [3.05, 3.63) is 11.6 Å². The van der Waals surface area contributed by atoms with Crippen LogP contribution in [-0.4, -0.2) is 115 Å². The summed E-state index contributed by atoms with van der Waals surface area (Å²) in [6.45, 7) is 10.9. The molecule has 0 bridgehead atoms. The number of hydrogen-bond acceptors (Lipinski definition) is 12. The van der Waals surface area contributed by atoms with Crippen LogP contribution in [0.15, 0.2) is 11.6 Å². The average molecular weight is 681 g/mol. The van der Waals surface area contributed by atoms with Crippen molar-refractivity contribution in [3.63, 3.8) is 0 Å². The second kappa shape index (κ2) is 11.5. The number of rotatable bonds is 4. The molecule has 5 aliphatic carbocycles. The van der Waals surface area contributed by atoms with E-state index in [0.717, 1.165) is 0 Å². The van der Waals surface area contributed by atoms with E-state index in [9.17, 15) is 50.4 Å². The fourth-order valence-corrected chi connectivity index (χ4v) is 12.0. The Morgan fingerprint density at radius 1 is 0.875 bits per heavy atom. The Labute approximate surface area is 282 Å². The zero-order chi connectivity index (χ0) is 35.6. The Balaban J connectivity index is 1.42. The summed E-state index contributed by atoms with van der Waals surface area (Å²) in [6.07, 6.45) is -6.71. The summed E-state index contributed by atoms with van der Waals surface area (Å²) in [4.78, 5) is 29.1. The minimum absolute atomic E-state index is 0.158. The SMILES string of the molecule is CC1(C)CC[C@]2(C(=O)O[C@@H]3O[C@H](CO)[C@@H](O)[C@H](O)[C@H]3O)CC[C@]3(C)C(=CC(=O)[C@@H]4[C@@]5(C)C[C@@H](O)[C@H](O)[C@](C)(CO)[C@@H]5CC[C@]43C)[C@@H]2[C@H]1O. The Hall–Kier alpha value is -1.48. The van der Waals surface area contributed by atoms with E-state index in [2.05, 4.69) is 13.8 Å². The molecule has 0 aromatic rings. The lowest BCUT2D eigenvalue weighted by Crippen LogP contribution is -2.70. The third-order valence-electron chi connectivity index (χ3n) is 15.2. The smallest absolute Gasteiger partial charge is 0.315 e. The van der Waals surface area contributed by atoms with Crippen molar-refractivity contribution in [2.75, 3.05) is 13.2 Å². The molecule has 5 fully saturated rings. The molecule has 48 heavy (non-hydrogen) atoms. The maximum absolute atomic E-state index is 14.7. The summed E-state index contributed by atoms with van der Waals surface area (Å²) in [5, 5.41) is 85.8. The zero-order valence-electron chi connectivity index (χ0n) is 29.0. The zero-order valence-corrected chi connectivity index (χ0v) is 29.0. The standard InChI is InChI=1S/C36H56O12/c1-31(2)9-11-36(30(46)48-29-25(43)24(42)23(41)20(15-37)47-29)12-10-34(5)17(22(36)28(31)45)13-18(39)26-32(3)14-19(40)27(44)33(4,16-38)21(32)7-8-35(26,34)6/h13,19-29,37-38,40-45H,7-12,14-16H2,1-6H3/t19-,20-,21-,22-,23-,24+,25-,26-,27+,28-,29+,32+,33-,34-,35-,36+/m1/s1. The lowest BCUT2D eigenvalue weighted by molar-refractivity contribution is -0.298. The summed E-state index contributed by atoms with van der Waals surface area (Å²) in [5.41, 5.74) is -4.26. The maximum Gasteiger partial charge on any atom is 0.315 e. The Morgan fingerprint density at radius 2 is 1.52 bits per heavy atom. The van der Waals surface area contributed by atoms with Crippen molar-refractivity contribution in [2.24, 2.45) is 50.2 Å². The quantitative estimate of drug-likeness (QED) is 0.192. The van der Waals surface area contributed by atoms with Gasteiger partial charge in [0.25, 0.3) is 0 Å². The van der Waals surface area contributed by atoms with Gasteiger partial charge in [0.1, 0.15) is 24.4 Å². The first-order chi connectivity index (χ1) is 22.2. The molecule has 16 atom stereocenters. The molecule has 0 aromatic carbocycles. The van der Waals surface area contributed by atoms with Crippen LogP contribution in [0.4, 0.5) is 0 Å². The number of carbonyl (C=O) groups excluding carboxylic acids is 2. The van der Waals surface area contributed by atoms with Gasteiger partial charge in [0.05, 0.1) is 36.9 Å². The predicted octanol–water partition coefficient (Wildman–Crippen LogP) is 0.585. The third-order valence-corrected chi connectivity index (χ3v) is 15.2. The van der Waals surface area contributed by atoms with Crippen LogP contribution in [0.3, 0.4) is 0 Å². The second-order valence-electron chi connectivity index (χ2n) is 17.8. The van der Waals surface area contributed by atoms with E-state index in [0.29, 0.717) is 44.1 Å². The molecule has 8 N–H and O–H groups in total. The first-order valence-corrected chi connectivity index (χ1v) is 17.6. The van der Waals surface area contributed by atoms with Crippen LogP contribution in [0.25, 0.3) is 0 Å². The van der Waals surface area contributed by atoms with Crippen LogP contribution >= 0.6 is 0 Å². The highest BCUT2D eigenvalue weighted by atomic mass is 16.7. The van der Waals surface area contributed by atoms with Gasteiger partial charge in [-0.25, -0.2) is 0 Å². The van der Waals surface area contributed by atoms with Gasteiger partial charge in [0.15, 0.2) is 5.78 Å². The van der Waals surface area contributed by atoms with E-state index in [-0.39, 0.29) is 24.7 Å². The van der Waals surface area contributed by atoms with Crippen molar-refractivity contribution < 1.29 is 59.9 Å². The molecule has 4 saturated carbocycles. The molecular formula is C36H56O12. The molecule has 0 radical (unpaired) electrons. The molecule has 12 nitrogen and oxygen atoms in total. The fourth-order valence-electron chi connectivity index (χ4n) is 12.0. The molecule has 1 aliphatic heterocycles. The summed E-state index contributed by atoms with van der Waals surface area (Å²) in [6, 6.07) is 0. The number of hydrogen-bond donors (Lipinski definition) is 8. The molecule has 0 aromatic heterocycles. The summed E-state index contributed by atoms with van der Waals surface area (Å²) >= 11 is 0. The minimum Gasteiger partial charge on any atom is -0.432 e. The number of allylic oxidation sites excluding steroid dienone is 1. The minimum atomic E-state index is -1.78. The van der Waals surface area contributed by atoms with Gasteiger partial charge in [0, 0.05) is 17.3 Å². The largest absolute Gasteiger partial charge is 0.432 e. The lowest BCUT2D eigenvalue weighted by atomic mass is 9.33. The van der Waals surface area contributed by atoms with Gasteiger partial charge < -0.3 is 50.3 Å². The molecule has 0 spiro atoms. The van der Waals surface area contributed by atoms with Crippen molar-refractivity contribution >= 4 is 11.8 Å². The van der Waals surface area contributed by atoms with Crippen LogP contribution in [0.1, 0.15) is 86.5 Å². The van der Waals surface area contributed by atoms with E-state index in [1.54, 1.807) is 13.0 Å². The van der Waals surface area contributed by atoms with Gasteiger partial charge in [-0.3, -0.25) is 9.59 Å². The van der Waals surface area contributed by atoms with Crippen molar-refractivity contribution in [2.45, 2.75) is 136 Å². The van der Waals surface area contributed by atoms with E-state index in [4.69, 9.17) is 9.47 Å². The van der Waals surface area contributed by atoms with Gasteiger partial charge in [0.2, 0.25) is 6.29 Å². The van der Waals surface area contributed by atoms with Gasteiger partial charge in [-0.15, -0.1) is 0 Å². The fraction of sp³-hybridized carbons (Fsp3) is 0.889. The number of aliphatic hydroxyl groups excluding tert-OH is 8. The molecular weight excluding hydrogens is 624 g/mol. The number of aliphatic hydroxyl groups is 8. The number of ketones is 1. The number of ether oxygens (including phenoxy) is 2. The molecule has 272 valence electrons. The molecule has 0 unspecified atom stereocenters. The van der Waals surface area contributed by atoms with Crippen LogP contribution in [0, 0.1) is 50.2 Å². The highest BCUT2D eigenvalue weighted by molar-refractivity contribution is 5.96. The highest BCUT2D eigenvalue weighted by Gasteiger charge is 2.73.